The van der Waals surface area contributed by atoms with Gasteiger partial charge in [-0.25, -0.2) is 4.98 Å². The standard InChI is InChI=1S/C14H25N3S/c1-5-11-8-16-13(18-11)10-17-7-6-15-12(9-17)14(2,3)4/h8,12,15H,5-7,9-10H2,1-4H3. The smallest absolute Gasteiger partial charge is 0.107 e. The summed E-state index contributed by atoms with van der Waals surface area (Å²) in [6.07, 6.45) is 3.13. The van der Waals surface area contributed by atoms with Crippen molar-refractivity contribution in [2.75, 3.05) is 19.6 Å². The van der Waals surface area contributed by atoms with E-state index in [-0.39, 0.29) is 0 Å². The van der Waals surface area contributed by atoms with Crippen molar-refractivity contribution >= 4 is 11.3 Å². The van der Waals surface area contributed by atoms with E-state index in [0.717, 1.165) is 32.6 Å². The third kappa shape index (κ3) is 3.53. The molecule has 1 atom stereocenters. The molecule has 1 fully saturated rings. The van der Waals surface area contributed by atoms with Crippen LogP contribution in [0.4, 0.5) is 0 Å². The maximum atomic E-state index is 4.52. The minimum Gasteiger partial charge on any atom is -0.311 e. The lowest BCUT2D eigenvalue weighted by molar-refractivity contribution is 0.129. The second kappa shape index (κ2) is 5.68. The van der Waals surface area contributed by atoms with Crippen molar-refractivity contribution in [3.8, 4) is 0 Å². The number of nitrogens with zero attached hydrogens (tertiary/aromatic N) is 2. The number of aryl methyl sites for hydroxylation is 1. The second-order valence-electron chi connectivity index (χ2n) is 6.18. The summed E-state index contributed by atoms with van der Waals surface area (Å²) >= 11 is 1.86. The predicted octanol–water partition coefficient (Wildman–Crippen LogP) is 2.53. The first kappa shape index (κ1) is 14.0. The van der Waals surface area contributed by atoms with Gasteiger partial charge in [0.15, 0.2) is 0 Å². The van der Waals surface area contributed by atoms with Crippen molar-refractivity contribution in [1.29, 1.82) is 0 Å². The zero-order valence-corrected chi connectivity index (χ0v) is 12.8. The van der Waals surface area contributed by atoms with Crippen LogP contribution in [0, 0.1) is 5.41 Å². The topological polar surface area (TPSA) is 28.2 Å². The first-order valence-electron chi connectivity index (χ1n) is 6.88. The summed E-state index contributed by atoms with van der Waals surface area (Å²) < 4.78 is 0. The molecule has 1 aromatic heterocycles. The Morgan fingerprint density at radius 1 is 1.50 bits per heavy atom. The zero-order chi connectivity index (χ0) is 13.2. The first-order chi connectivity index (χ1) is 8.49. The number of nitrogens with one attached hydrogen (secondary N) is 1. The molecule has 18 heavy (non-hydrogen) atoms. The van der Waals surface area contributed by atoms with Crippen LogP contribution < -0.4 is 5.32 Å². The van der Waals surface area contributed by atoms with Gasteiger partial charge in [-0.15, -0.1) is 11.3 Å². The largest absolute Gasteiger partial charge is 0.311 e. The van der Waals surface area contributed by atoms with E-state index < -0.39 is 0 Å². The molecule has 2 heterocycles. The predicted molar refractivity (Wildman–Crippen MR) is 78.0 cm³/mol. The fraction of sp³-hybridized carbons (Fsp3) is 0.786. The van der Waals surface area contributed by atoms with Crippen LogP contribution in [0.2, 0.25) is 0 Å². The SMILES string of the molecule is CCc1cnc(CN2CCNC(C(C)(C)C)C2)s1. The summed E-state index contributed by atoms with van der Waals surface area (Å²) in [6, 6.07) is 0.580. The van der Waals surface area contributed by atoms with Gasteiger partial charge in [-0.1, -0.05) is 27.7 Å². The molecular weight excluding hydrogens is 242 g/mol. The summed E-state index contributed by atoms with van der Waals surface area (Å²) in [5.41, 5.74) is 0.329. The summed E-state index contributed by atoms with van der Waals surface area (Å²) in [5.74, 6) is 0. The Hall–Kier alpha value is -0.450. The van der Waals surface area contributed by atoms with Gasteiger partial charge in [-0.3, -0.25) is 4.90 Å². The highest BCUT2D eigenvalue weighted by Gasteiger charge is 2.29. The molecule has 1 aliphatic heterocycles. The van der Waals surface area contributed by atoms with E-state index in [1.165, 1.54) is 9.88 Å². The Bertz CT molecular complexity index is 381. The highest BCUT2D eigenvalue weighted by molar-refractivity contribution is 7.11. The third-order valence-corrected chi connectivity index (χ3v) is 4.74. The van der Waals surface area contributed by atoms with Crippen LogP contribution >= 0.6 is 11.3 Å². The lowest BCUT2D eigenvalue weighted by Gasteiger charge is -2.40. The maximum Gasteiger partial charge on any atom is 0.107 e. The average molecular weight is 267 g/mol. The molecule has 1 aromatic rings. The van der Waals surface area contributed by atoms with Crippen molar-refractivity contribution in [2.24, 2.45) is 5.41 Å². The molecule has 0 spiro atoms. The van der Waals surface area contributed by atoms with Crippen LogP contribution in [0.5, 0.6) is 0 Å². The van der Waals surface area contributed by atoms with Gasteiger partial charge >= 0.3 is 0 Å². The van der Waals surface area contributed by atoms with E-state index in [2.05, 4.69) is 42.9 Å². The van der Waals surface area contributed by atoms with Gasteiger partial charge in [0.25, 0.3) is 0 Å². The van der Waals surface area contributed by atoms with Crippen LogP contribution in [0.25, 0.3) is 0 Å². The Morgan fingerprint density at radius 3 is 2.89 bits per heavy atom. The Morgan fingerprint density at radius 2 is 2.28 bits per heavy atom. The molecule has 4 heteroatoms. The van der Waals surface area contributed by atoms with E-state index in [0.29, 0.717) is 11.5 Å². The first-order valence-corrected chi connectivity index (χ1v) is 7.70. The van der Waals surface area contributed by atoms with Crippen molar-refractivity contribution < 1.29 is 0 Å². The Kier molecular flexibility index (Phi) is 4.41. The fourth-order valence-corrected chi connectivity index (χ4v) is 3.22. The van der Waals surface area contributed by atoms with Crippen LogP contribution in [-0.2, 0) is 13.0 Å². The summed E-state index contributed by atoms with van der Waals surface area (Å²) in [4.78, 5) is 8.45. The van der Waals surface area contributed by atoms with Crippen molar-refractivity contribution in [3.05, 3.63) is 16.1 Å². The van der Waals surface area contributed by atoms with Gasteiger partial charge in [0.1, 0.15) is 5.01 Å². The molecule has 1 unspecified atom stereocenters. The molecule has 0 aliphatic carbocycles. The molecule has 0 saturated carbocycles. The maximum absolute atomic E-state index is 4.52. The summed E-state index contributed by atoms with van der Waals surface area (Å²) in [5, 5.41) is 4.90. The Labute approximate surface area is 115 Å². The van der Waals surface area contributed by atoms with Gasteiger partial charge in [0.2, 0.25) is 0 Å². The number of piperazine rings is 1. The van der Waals surface area contributed by atoms with Gasteiger partial charge in [-0.05, 0) is 11.8 Å². The number of thiazole rings is 1. The molecule has 0 aromatic carbocycles. The van der Waals surface area contributed by atoms with Crippen LogP contribution in [0.3, 0.4) is 0 Å². The normalized spacial score (nSPS) is 22.3. The van der Waals surface area contributed by atoms with Gasteiger partial charge in [0, 0.05) is 36.8 Å². The zero-order valence-electron chi connectivity index (χ0n) is 12.0. The number of hydrogen-bond acceptors (Lipinski definition) is 4. The van der Waals surface area contributed by atoms with E-state index in [1.807, 2.05) is 17.5 Å². The van der Waals surface area contributed by atoms with Crippen LogP contribution in [0.15, 0.2) is 6.20 Å². The quantitative estimate of drug-likeness (QED) is 0.912. The van der Waals surface area contributed by atoms with Crippen LogP contribution in [-0.4, -0.2) is 35.6 Å². The molecule has 0 radical (unpaired) electrons. The van der Waals surface area contributed by atoms with Crippen molar-refractivity contribution in [2.45, 2.75) is 46.7 Å². The highest BCUT2D eigenvalue weighted by Crippen LogP contribution is 2.23. The Balaban J connectivity index is 1.93. The van der Waals surface area contributed by atoms with Gasteiger partial charge < -0.3 is 5.32 Å². The number of aromatic nitrogens is 1. The van der Waals surface area contributed by atoms with E-state index >= 15 is 0 Å². The minimum absolute atomic E-state index is 0.329. The molecule has 1 aliphatic rings. The average Bonchev–Trinajstić information content (AvgIpc) is 2.76. The highest BCUT2D eigenvalue weighted by atomic mass is 32.1. The van der Waals surface area contributed by atoms with E-state index in [9.17, 15) is 0 Å². The summed E-state index contributed by atoms with van der Waals surface area (Å²) in [6.45, 7) is 13.5. The minimum atomic E-state index is 0.329. The molecule has 0 amide bonds. The van der Waals surface area contributed by atoms with Crippen molar-refractivity contribution in [1.82, 2.24) is 15.2 Å². The van der Waals surface area contributed by atoms with E-state index in [1.54, 1.807) is 0 Å². The molecule has 1 N–H and O–H groups in total. The number of hydrogen-bond donors (Lipinski definition) is 1. The molecule has 102 valence electrons. The fourth-order valence-electron chi connectivity index (χ4n) is 2.31. The number of rotatable bonds is 3. The molecule has 0 bridgehead atoms. The van der Waals surface area contributed by atoms with E-state index in [4.69, 9.17) is 0 Å². The van der Waals surface area contributed by atoms with Crippen LogP contribution in [0.1, 0.15) is 37.6 Å². The molecule has 1 saturated heterocycles. The second-order valence-corrected chi connectivity index (χ2v) is 7.38. The molecular formula is C14H25N3S. The van der Waals surface area contributed by atoms with Crippen molar-refractivity contribution in [3.63, 3.8) is 0 Å². The lowest BCUT2D eigenvalue weighted by Crippen LogP contribution is -2.55. The molecule has 3 nitrogen and oxygen atoms in total. The summed E-state index contributed by atoms with van der Waals surface area (Å²) in [7, 11) is 0. The monoisotopic (exact) mass is 267 g/mol. The molecule has 2 rings (SSSR count). The van der Waals surface area contributed by atoms with Gasteiger partial charge in [-0.2, -0.15) is 0 Å². The lowest BCUT2D eigenvalue weighted by atomic mass is 9.85. The third-order valence-electron chi connectivity index (χ3n) is 3.61. The van der Waals surface area contributed by atoms with Gasteiger partial charge in [0.05, 0.1) is 6.54 Å².